The van der Waals surface area contributed by atoms with E-state index in [2.05, 4.69) is 0 Å². The summed E-state index contributed by atoms with van der Waals surface area (Å²) >= 11 is 10.7. The Hall–Kier alpha value is -0.250. The monoisotopic (exact) mass is 181 g/mol. The Morgan fingerprint density at radius 1 is 1.80 bits per heavy atom. The van der Waals surface area contributed by atoms with Gasteiger partial charge in [0.1, 0.15) is 0 Å². The van der Waals surface area contributed by atoms with Crippen LogP contribution in [-0.2, 0) is 4.84 Å². The minimum absolute atomic E-state index is 0.240. The molecule has 0 unspecified atom stereocenters. The molecule has 3 nitrogen and oxygen atoms in total. The lowest BCUT2D eigenvalue weighted by atomic mass is 10.5. The standard InChI is InChI=1S/C5H5Cl2NO2/c6-4-1-2-10-8(3-4)5(7)9/h1H,2-3H2. The van der Waals surface area contributed by atoms with Crippen LogP contribution in [0.15, 0.2) is 11.1 Å². The zero-order valence-electron chi connectivity index (χ0n) is 5.01. The molecule has 0 aromatic heterocycles. The Bertz CT molecular complexity index is 180. The first-order valence-corrected chi connectivity index (χ1v) is 3.40. The van der Waals surface area contributed by atoms with E-state index in [0.717, 1.165) is 5.06 Å². The van der Waals surface area contributed by atoms with E-state index in [9.17, 15) is 4.79 Å². The van der Waals surface area contributed by atoms with Crippen LogP contribution in [0.2, 0.25) is 0 Å². The van der Waals surface area contributed by atoms with Gasteiger partial charge in [-0.15, -0.1) is 0 Å². The van der Waals surface area contributed by atoms with Gasteiger partial charge < -0.3 is 0 Å². The zero-order chi connectivity index (χ0) is 7.56. The summed E-state index contributed by atoms with van der Waals surface area (Å²) in [6.07, 6.45) is 1.68. The number of nitrogens with zero attached hydrogens (tertiary/aromatic N) is 1. The minimum Gasteiger partial charge on any atom is -0.265 e. The van der Waals surface area contributed by atoms with Crippen LogP contribution in [0.25, 0.3) is 0 Å². The molecular weight excluding hydrogens is 177 g/mol. The van der Waals surface area contributed by atoms with Crippen molar-refractivity contribution in [1.29, 1.82) is 0 Å². The third-order valence-electron chi connectivity index (χ3n) is 1.03. The van der Waals surface area contributed by atoms with Gasteiger partial charge in [0, 0.05) is 5.03 Å². The smallest absolute Gasteiger partial charge is 0.265 e. The van der Waals surface area contributed by atoms with Crippen molar-refractivity contribution in [3.63, 3.8) is 0 Å². The van der Waals surface area contributed by atoms with Crippen molar-refractivity contribution in [3.05, 3.63) is 11.1 Å². The van der Waals surface area contributed by atoms with E-state index in [0.29, 0.717) is 11.6 Å². The molecular formula is C5H5Cl2NO2. The minimum atomic E-state index is -0.647. The summed E-state index contributed by atoms with van der Waals surface area (Å²) < 4.78 is 0. The fraction of sp³-hybridized carbons (Fsp3) is 0.400. The number of hydrogen-bond donors (Lipinski definition) is 0. The molecule has 1 amide bonds. The van der Waals surface area contributed by atoms with Crippen LogP contribution in [0, 0.1) is 0 Å². The van der Waals surface area contributed by atoms with E-state index in [1.807, 2.05) is 0 Å². The fourth-order valence-electron chi connectivity index (χ4n) is 0.578. The summed E-state index contributed by atoms with van der Waals surface area (Å²) in [6.45, 7) is 0.543. The molecule has 1 heterocycles. The van der Waals surface area contributed by atoms with E-state index in [-0.39, 0.29) is 6.54 Å². The Labute approximate surface area is 68.1 Å². The van der Waals surface area contributed by atoms with Crippen molar-refractivity contribution in [2.75, 3.05) is 13.2 Å². The van der Waals surface area contributed by atoms with Gasteiger partial charge in [0.2, 0.25) is 0 Å². The van der Waals surface area contributed by atoms with Gasteiger partial charge in [-0.1, -0.05) is 11.6 Å². The second-order valence-electron chi connectivity index (χ2n) is 1.74. The van der Waals surface area contributed by atoms with E-state index in [1.54, 1.807) is 6.08 Å². The highest BCUT2D eigenvalue weighted by atomic mass is 35.5. The van der Waals surface area contributed by atoms with Gasteiger partial charge in [0.15, 0.2) is 0 Å². The maximum Gasteiger partial charge on any atom is 0.340 e. The Morgan fingerprint density at radius 2 is 2.50 bits per heavy atom. The number of amides is 1. The Balaban J connectivity index is 2.53. The van der Waals surface area contributed by atoms with Crippen molar-refractivity contribution in [2.45, 2.75) is 0 Å². The first-order chi connectivity index (χ1) is 4.70. The average molecular weight is 182 g/mol. The van der Waals surface area contributed by atoms with Gasteiger partial charge in [-0.25, -0.2) is 5.06 Å². The largest absolute Gasteiger partial charge is 0.340 e. The molecule has 1 aliphatic heterocycles. The summed E-state index contributed by atoms with van der Waals surface area (Å²) in [5.74, 6) is 0. The van der Waals surface area contributed by atoms with Crippen LogP contribution in [0.4, 0.5) is 4.79 Å². The number of carbonyl (C=O) groups is 1. The van der Waals surface area contributed by atoms with Crippen molar-refractivity contribution in [1.82, 2.24) is 5.06 Å². The average Bonchev–Trinajstić information content (AvgIpc) is 1.88. The number of halogens is 2. The lowest BCUT2D eigenvalue weighted by molar-refractivity contribution is -0.0961. The van der Waals surface area contributed by atoms with Gasteiger partial charge >= 0.3 is 5.37 Å². The molecule has 0 fully saturated rings. The highest BCUT2D eigenvalue weighted by Crippen LogP contribution is 2.12. The quantitative estimate of drug-likeness (QED) is 0.421. The van der Waals surface area contributed by atoms with Crippen LogP contribution < -0.4 is 0 Å². The lowest BCUT2D eigenvalue weighted by Crippen LogP contribution is -2.30. The van der Waals surface area contributed by atoms with E-state index in [1.165, 1.54) is 0 Å². The first-order valence-electron chi connectivity index (χ1n) is 2.64. The van der Waals surface area contributed by atoms with Crippen LogP contribution in [0.3, 0.4) is 0 Å². The molecule has 0 saturated carbocycles. The molecule has 0 bridgehead atoms. The number of hydrogen-bond acceptors (Lipinski definition) is 2. The van der Waals surface area contributed by atoms with Gasteiger partial charge in [-0.2, -0.15) is 0 Å². The van der Waals surface area contributed by atoms with Gasteiger partial charge in [0.05, 0.1) is 13.2 Å². The topological polar surface area (TPSA) is 29.5 Å². The summed E-state index contributed by atoms with van der Waals surface area (Å²) in [6, 6.07) is 0. The number of carbonyl (C=O) groups excluding carboxylic acids is 1. The molecule has 0 saturated heterocycles. The van der Waals surface area contributed by atoms with Crippen LogP contribution in [0.1, 0.15) is 0 Å². The van der Waals surface area contributed by atoms with Crippen LogP contribution in [0.5, 0.6) is 0 Å². The zero-order valence-corrected chi connectivity index (χ0v) is 6.52. The molecule has 10 heavy (non-hydrogen) atoms. The summed E-state index contributed by atoms with van der Waals surface area (Å²) in [5.41, 5.74) is 0. The molecule has 1 aliphatic rings. The van der Waals surface area contributed by atoms with Gasteiger partial charge in [-0.05, 0) is 17.7 Å². The third kappa shape index (κ3) is 1.87. The van der Waals surface area contributed by atoms with Crippen molar-refractivity contribution in [3.8, 4) is 0 Å². The molecule has 0 radical (unpaired) electrons. The molecule has 0 aromatic rings. The molecule has 0 aromatic carbocycles. The second-order valence-corrected chi connectivity index (χ2v) is 2.55. The SMILES string of the molecule is O=C(Cl)N1CC(Cl)=CCO1. The van der Waals surface area contributed by atoms with Gasteiger partial charge in [-0.3, -0.25) is 9.63 Å². The van der Waals surface area contributed by atoms with Crippen LogP contribution in [-0.4, -0.2) is 23.6 Å². The van der Waals surface area contributed by atoms with Crippen molar-refractivity contribution < 1.29 is 9.63 Å². The number of rotatable bonds is 0. The van der Waals surface area contributed by atoms with E-state index >= 15 is 0 Å². The summed E-state index contributed by atoms with van der Waals surface area (Å²) in [5, 5.41) is 0.927. The Morgan fingerprint density at radius 3 is 2.90 bits per heavy atom. The molecule has 0 atom stereocenters. The molecule has 56 valence electrons. The van der Waals surface area contributed by atoms with Gasteiger partial charge in [0.25, 0.3) is 0 Å². The normalized spacial score (nSPS) is 18.6. The molecule has 0 N–H and O–H groups in total. The summed E-state index contributed by atoms with van der Waals surface area (Å²) in [4.78, 5) is 15.2. The highest BCUT2D eigenvalue weighted by Gasteiger charge is 2.15. The maximum atomic E-state index is 10.4. The molecule has 0 aliphatic carbocycles. The molecule has 5 heteroatoms. The highest BCUT2D eigenvalue weighted by molar-refractivity contribution is 6.62. The first kappa shape index (κ1) is 7.85. The molecule has 1 rings (SSSR count). The fourth-order valence-corrected chi connectivity index (χ4v) is 0.858. The Kier molecular flexibility index (Phi) is 2.54. The molecule has 0 spiro atoms. The van der Waals surface area contributed by atoms with Crippen molar-refractivity contribution >= 4 is 28.6 Å². The maximum absolute atomic E-state index is 10.4. The number of hydroxylamine groups is 2. The lowest BCUT2D eigenvalue weighted by Gasteiger charge is -2.21. The predicted molar refractivity (Wildman–Crippen MR) is 37.8 cm³/mol. The van der Waals surface area contributed by atoms with E-state index in [4.69, 9.17) is 28.0 Å². The third-order valence-corrected chi connectivity index (χ3v) is 1.49. The van der Waals surface area contributed by atoms with Crippen molar-refractivity contribution in [2.24, 2.45) is 0 Å². The predicted octanol–water partition coefficient (Wildman–Crippen LogP) is 1.72. The second kappa shape index (κ2) is 3.23. The van der Waals surface area contributed by atoms with E-state index < -0.39 is 5.37 Å². The summed E-state index contributed by atoms with van der Waals surface area (Å²) in [7, 11) is 0. The van der Waals surface area contributed by atoms with Crippen LogP contribution >= 0.6 is 23.2 Å².